The Morgan fingerprint density at radius 2 is 1.82 bits per heavy atom. The molecule has 0 spiro atoms. The van der Waals surface area contributed by atoms with E-state index in [4.69, 9.17) is 23.2 Å². The van der Waals surface area contributed by atoms with E-state index in [1.807, 2.05) is 24.3 Å². The van der Waals surface area contributed by atoms with Crippen molar-refractivity contribution in [3.05, 3.63) is 75.9 Å². The third kappa shape index (κ3) is 5.26. The number of benzene rings is 2. The molecule has 2 aromatic carbocycles. The molecule has 0 atom stereocenters. The van der Waals surface area contributed by atoms with Crippen LogP contribution in [0.4, 0.5) is 5.69 Å². The van der Waals surface area contributed by atoms with Gasteiger partial charge in [-0.15, -0.1) is 0 Å². The number of amides is 1. The summed E-state index contributed by atoms with van der Waals surface area (Å²) in [7, 11) is 0. The summed E-state index contributed by atoms with van der Waals surface area (Å²) in [6, 6.07) is 17.2. The van der Waals surface area contributed by atoms with Crippen LogP contribution in [0.25, 0.3) is 0 Å². The Kier molecular flexibility index (Phi) is 6.94. The Hall–Kier alpha value is -2.52. The van der Waals surface area contributed by atoms with Gasteiger partial charge in [0.15, 0.2) is 0 Å². The lowest BCUT2D eigenvalue weighted by atomic mass is 10.2. The van der Waals surface area contributed by atoms with E-state index in [1.54, 1.807) is 23.1 Å². The lowest BCUT2D eigenvalue weighted by Crippen LogP contribution is -2.48. The molecule has 3 rings (SSSR count). The first-order chi connectivity index (χ1) is 13.6. The molecule has 2 aromatic rings. The third-order valence-electron chi connectivity index (χ3n) is 4.56. The number of nitrogens with one attached hydrogen (secondary N) is 1. The van der Waals surface area contributed by atoms with Crippen molar-refractivity contribution in [2.24, 2.45) is 0 Å². The molecular weight excluding hydrogens is 395 g/mol. The van der Waals surface area contributed by atoms with Gasteiger partial charge in [0.25, 0.3) is 5.91 Å². The molecule has 1 fully saturated rings. The van der Waals surface area contributed by atoms with Crippen molar-refractivity contribution in [1.82, 2.24) is 9.80 Å². The molecule has 0 bridgehead atoms. The molecule has 1 heterocycles. The van der Waals surface area contributed by atoms with Crippen LogP contribution in [0.3, 0.4) is 0 Å². The predicted molar refractivity (Wildman–Crippen MR) is 112 cm³/mol. The average molecular weight is 415 g/mol. The van der Waals surface area contributed by atoms with E-state index >= 15 is 0 Å². The van der Waals surface area contributed by atoms with Gasteiger partial charge in [-0.25, -0.2) is 0 Å². The Labute approximate surface area is 174 Å². The molecule has 1 saturated heterocycles. The molecule has 0 radical (unpaired) electrons. The minimum Gasteiger partial charge on any atom is -0.359 e. The van der Waals surface area contributed by atoms with Gasteiger partial charge in [0, 0.05) is 43.9 Å². The summed E-state index contributed by atoms with van der Waals surface area (Å²) in [6.45, 7) is 3.59. The van der Waals surface area contributed by atoms with Gasteiger partial charge in [-0.3, -0.25) is 9.69 Å². The Bertz CT molecular complexity index is 900. The Balaban J connectivity index is 1.57. The summed E-state index contributed by atoms with van der Waals surface area (Å²) in [5, 5.41) is 13.3. The second kappa shape index (κ2) is 9.61. The molecule has 0 saturated carbocycles. The summed E-state index contributed by atoms with van der Waals surface area (Å²) in [5.74, 6) is -0.278. The quantitative estimate of drug-likeness (QED) is 0.589. The van der Waals surface area contributed by atoms with Crippen molar-refractivity contribution in [2.45, 2.75) is 6.54 Å². The summed E-state index contributed by atoms with van der Waals surface area (Å²) in [5.41, 5.74) is 1.88. The molecule has 1 N–H and O–H groups in total. The highest BCUT2D eigenvalue weighted by atomic mass is 35.5. The van der Waals surface area contributed by atoms with E-state index in [9.17, 15) is 10.1 Å². The van der Waals surface area contributed by atoms with Crippen LogP contribution in [0.2, 0.25) is 10.0 Å². The van der Waals surface area contributed by atoms with Crippen LogP contribution in [0, 0.1) is 11.3 Å². The van der Waals surface area contributed by atoms with Gasteiger partial charge in [0.2, 0.25) is 0 Å². The first kappa shape index (κ1) is 20.2. The SMILES string of the molecule is N#C/C(=C/Nc1ccc(Cl)cc1Cl)C(=O)N1CCN(Cc2ccccc2)CC1. The molecule has 1 aliphatic heterocycles. The number of rotatable bonds is 5. The van der Waals surface area contributed by atoms with E-state index in [-0.39, 0.29) is 11.5 Å². The van der Waals surface area contributed by atoms with Crippen molar-refractivity contribution >= 4 is 34.8 Å². The van der Waals surface area contributed by atoms with Crippen molar-refractivity contribution in [3.63, 3.8) is 0 Å². The minimum absolute atomic E-state index is 0.0440. The lowest BCUT2D eigenvalue weighted by molar-refractivity contribution is -0.128. The number of nitrogens with zero attached hydrogens (tertiary/aromatic N) is 3. The van der Waals surface area contributed by atoms with Crippen LogP contribution in [0.1, 0.15) is 5.56 Å². The van der Waals surface area contributed by atoms with E-state index in [0.29, 0.717) is 28.8 Å². The van der Waals surface area contributed by atoms with E-state index in [0.717, 1.165) is 19.6 Å². The van der Waals surface area contributed by atoms with Gasteiger partial charge in [-0.05, 0) is 23.8 Å². The van der Waals surface area contributed by atoms with Crippen molar-refractivity contribution < 1.29 is 4.79 Å². The fourth-order valence-corrected chi connectivity index (χ4v) is 3.48. The average Bonchev–Trinajstić information content (AvgIpc) is 2.71. The second-order valence-corrected chi connectivity index (χ2v) is 7.34. The maximum atomic E-state index is 12.7. The second-order valence-electron chi connectivity index (χ2n) is 6.49. The van der Waals surface area contributed by atoms with Gasteiger partial charge < -0.3 is 10.2 Å². The molecule has 28 heavy (non-hydrogen) atoms. The van der Waals surface area contributed by atoms with E-state index in [1.165, 1.54) is 11.8 Å². The Morgan fingerprint density at radius 1 is 1.11 bits per heavy atom. The van der Waals surface area contributed by atoms with Crippen LogP contribution in [0.5, 0.6) is 0 Å². The monoisotopic (exact) mass is 414 g/mol. The maximum absolute atomic E-state index is 12.7. The number of anilines is 1. The zero-order chi connectivity index (χ0) is 19.9. The Morgan fingerprint density at radius 3 is 2.46 bits per heavy atom. The highest BCUT2D eigenvalue weighted by molar-refractivity contribution is 6.36. The summed E-state index contributed by atoms with van der Waals surface area (Å²) in [6.07, 6.45) is 1.40. The number of carbonyl (C=O) groups is 1. The molecule has 1 aliphatic rings. The summed E-state index contributed by atoms with van der Waals surface area (Å²) < 4.78 is 0. The summed E-state index contributed by atoms with van der Waals surface area (Å²) in [4.78, 5) is 16.7. The number of hydrogen-bond acceptors (Lipinski definition) is 4. The highest BCUT2D eigenvalue weighted by Crippen LogP contribution is 2.25. The molecule has 5 nitrogen and oxygen atoms in total. The van der Waals surface area contributed by atoms with Crippen molar-refractivity contribution in [3.8, 4) is 6.07 Å². The number of nitriles is 1. The van der Waals surface area contributed by atoms with Gasteiger partial charge in [0.05, 0.1) is 10.7 Å². The van der Waals surface area contributed by atoms with Crippen LogP contribution in [0.15, 0.2) is 60.3 Å². The largest absolute Gasteiger partial charge is 0.359 e. The molecule has 7 heteroatoms. The molecule has 0 unspecified atom stereocenters. The van der Waals surface area contributed by atoms with E-state index in [2.05, 4.69) is 22.3 Å². The van der Waals surface area contributed by atoms with Crippen LogP contribution < -0.4 is 5.32 Å². The lowest BCUT2D eigenvalue weighted by Gasteiger charge is -2.34. The smallest absolute Gasteiger partial charge is 0.266 e. The van der Waals surface area contributed by atoms with Crippen molar-refractivity contribution in [2.75, 3.05) is 31.5 Å². The number of hydrogen-bond donors (Lipinski definition) is 1. The van der Waals surface area contributed by atoms with Crippen LogP contribution >= 0.6 is 23.2 Å². The maximum Gasteiger partial charge on any atom is 0.266 e. The first-order valence-corrected chi connectivity index (χ1v) is 9.70. The standard InChI is InChI=1S/C21H20Cl2N4O/c22-18-6-7-20(19(23)12-18)25-14-17(13-24)21(28)27-10-8-26(9-11-27)15-16-4-2-1-3-5-16/h1-7,12,14,25H,8-11,15H2/b17-14-. The fraction of sp³-hybridized carbons (Fsp3) is 0.238. The van der Waals surface area contributed by atoms with Gasteiger partial charge in [-0.1, -0.05) is 53.5 Å². The highest BCUT2D eigenvalue weighted by Gasteiger charge is 2.23. The number of halogens is 2. The van der Waals surface area contributed by atoms with Gasteiger partial charge >= 0.3 is 0 Å². The normalized spacial score (nSPS) is 15.2. The summed E-state index contributed by atoms with van der Waals surface area (Å²) >= 11 is 12.0. The minimum atomic E-state index is -0.278. The molecule has 1 amide bonds. The third-order valence-corrected chi connectivity index (χ3v) is 5.11. The zero-order valence-electron chi connectivity index (χ0n) is 15.2. The zero-order valence-corrected chi connectivity index (χ0v) is 16.7. The topological polar surface area (TPSA) is 59.4 Å². The van der Waals surface area contributed by atoms with E-state index < -0.39 is 0 Å². The molecular formula is C21H20Cl2N4O. The molecule has 0 aliphatic carbocycles. The van der Waals surface area contributed by atoms with Gasteiger partial charge in [0.1, 0.15) is 11.6 Å². The van der Waals surface area contributed by atoms with Crippen molar-refractivity contribution in [1.29, 1.82) is 5.26 Å². The fourth-order valence-electron chi connectivity index (χ4n) is 3.02. The molecule has 144 valence electrons. The van der Waals surface area contributed by atoms with Crippen LogP contribution in [-0.4, -0.2) is 41.9 Å². The predicted octanol–water partition coefficient (Wildman–Crippen LogP) is 4.16. The number of carbonyl (C=O) groups excluding carboxylic acids is 1. The number of piperazine rings is 1. The van der Waals surface area contributed by atoms with Gasteiger partial charge in [-0.2, -0.15) is 5.26 Å². The molecule has 0 aromatic heterocycles. The first-order valence-electron chi connectivity index (χ1n) is 8.94. The van der Waals surface area contributed by atoms with Crippen LogP contribution in [-0.2, 0) is 11.3 Å².